The van der Waals surface area contributed by atoms with Crippen molar-refractivity contribution in [3.63, 3.8) is 0 Å². The summed E-state index contributed by atoms with van der Waals surface area (Å²) in [5.41, 5.74) is -1.45. The van der Waals surface area contributed by atoms with Gasteiger partial charge in [0.15, 0.2) is 17.5 Å². The Morgan fingerprint density at radius 3 is 1.87 bits per heavy atom. The molecule has 0 saturated carbocycles. The van der Waals surface area contributed by atoms with Crippen LogP contribution in [0.5, 0.6) is 0 Å². The lowest BCUT2D eigenvalue weighted by molar-refractivity contribution is -0.166. The van der Waals surface area contributed by atoms with Gasteiger partial charge in [-0.25, -0.2) is 18.0 Å². The normalized spacial score (nSPS) is 11.5. The second kappa shape index (κ2) is 3.48. The molecule has 0 fully saturated rings. The molecule has 1 aromatic rings. The lowest BCUT2D eigenvalue weighted by Crippen LogP contribution is -2.25. The van der Waals surface area contributed by atoms with E-state index in [0.717, 1.165) is 0 Å². The maximum atomic E-state index is 12.7. The van der Waals surface area contributed by atoms with Crippen molar-refractivity contribution in [3.05, 3.63) is 35.1 Å². The molecule has 82 valence electrons. The third kappa shape index (κ3) is 1.90. The van der Waals surface area contributed by atoms with Crippen molar-refractivity contribution < 1.29 is 31.9 Å². The fourth-order valence-corrected chi connectivity index (χ4v) is 0.860. The molecule has 0 heterocycles. The Hall–Kier alpha value is -1.66. The van der Waals surface area contributed by atoms with Gasteiger partial charge >= 0.3 is 11.9 Å². The lowest BCUT2D eigenvalue weighted by Gasteiger charge is -2.11. The lowest BCUT2D eigenvalue weighted by atomic mass is 10.1. The Labute approximate surface area is 79.9 Å². The second-order valence-electron chi connectivity index (χ2n) is 2.63. The van der Waals surface area contributed by atoms with E-state index in [4.69, 9.17) is 5.11 Å². The minimum atomic E-state index is -4.46. The molecule has 0 spiro atoms. The van der Waals surface area contributed by atoms with Crippen molar-refractivity contribution in [2.45, 2.75) is 5.92 Å². The van der Waals surface area contributed by atoms with Crippen molar-refractivity contribution in [2.75, 3.05) is 0 Å². The predicted octanol–water partition coefficient (Wildman–Crippen LogP) is 2.28. The number of alkyl halides is 2. The number of carboxylic acids is 1. The summed E-state index contributed by atoms with van der Waals surface area (Å²) in [6.07, 6.45) is 0. The van der Waals surface area contributed by atoms with Crippen LogP contribution < -0.4 is 0 Å². The molecule has 0 radical (unpaired) electrons. The summed E-state index contributed by atoms with van der Waals surface area (Å²) in [6.45, 7) is 0. The van der Waals surface area contributed by atoms with Crippen LogP contribution >= 0.6 is 0 Å². The van der Waals surface area contributed by atoms with Crippen LogP contribution in [-0.2, 0) is 10.7 Å². The first-order valence-corrected chi connectivity index (χ1v) is 3.53. The van der Waals surface area contributed by atoms with E-state index in [1.807, 2.05) is 0 Å². The van der Waals surface area contributed by atoms with Crippen LogP contribution in [0.1, 0.15) is 5.56 Å². The fraction of sp³-hybridized carbons (Fsp3) is 0.125. The van der Waals surface area contributed by atoms with Crippen LogP contribution in [0, 0.1) is 17.5 Å². The Balaban J connectivity index is 3.34. The summed E-state index contributed by atoms with van der Waals surface area (Å²) in [5.74, 6) is -12.7. The van der Waals surface area contributed by atoms with Crippen LogP contribution in [0.4, 0.5) is 22.0 Å². The maximum absolute atomic E-state index is 12.7. The summed E-state index contributed by atoms with van der Waals surface area (Å²) < 4.78 is 62.8. The molecule has 0 atom stereocenters. The Morgan fingerprint density at radius 1 is 1.13 bits per heavy atom. The summed E-state index contributed by atoms with van der Waals surface area (Å²) in [7, 11) is 0. The van der Waals surface area contributed by atoms with Gasteiger partial charge in [-0.05, 0) is 12.1 Å². The molecular formula is C8H3F5O2. The molecule has 15 heavy (non-hydrogen) atoms. The number of hydrogen-bond acceptors (Lipinski definition) is 1. The molecule has 0 aliphatic rings. The minimum Gasteiger partial charge on any atom is -0.477 e. The van der Waals surface area contributed by atoms with Gasteiger partial charge in [0, 0.05) is 5.56 Å². The van der Waals surface area contributed by atoms with E-state index in [9.17, 15) is 26.7 Å². The molecule has 7 heteroatoms. The third-order valence-electron chi connectivity index (χ3n) is 1.61. The Morgan fingerprint density at radius 2 is 1.53 bits per heavy atom. The Kier molecular flexibility index (Phi) is 2.65. The summed E-state index contributed by atoms with van der Waals surface area (Å²) in [5, 5.41) is 8.06. The zero-order valence-corrected chi connectivity index (χ0v) is 6.90. The summed E-state index contributed by atoms with van der Waals surface area (Å²) in [4.78, 5) is 10.0. The van der Waals surface area contributed by atoms with Gasteiger partial charge in [-0.3, -0.25) is 0 Å². The first kappa shape index (κ1) is 11.4. The fourth-order valence-electron chi connectivity index (χ4n) is 0.860. The van der Waals surface area contributed by atoms with Crippen LogP contribution in [0.25, 0.3) is 0 Å². The van der Waals surface area contributed by atoms with Gasteiger partial charge in [0.1, 0.15) is 0 Å². The average Bonchev–Trinajstić information content (AvgIpc) is 2.13. The molecule has 0 amide bonds. The predicted molar refractivity (Wildman–Crippen MR) is 37.8 cm³/mol. The standard InChI is InChI=1S/C8H3F5O2/c9-4-1-3(2-5(10)6(4)11)8(12,13)7(14)15/h1-2H,(H,14,15). The number of halogens is 5. The first-order valence-electron chi connectivity index (χ1n) is 3.53. The summed E-state index contributed by atoms with van der Waals surface area (Å²) >= 11 is 0. The molecule has 0 saturated heterocycles. The van der Waals surface area contributed by atoms with E-state index >= 15 is 0 Å². The monoisotopic (exact) mass is 226 g/mol. The van der Waals surface area contributed by atoms with Gasteiger partial charge in [0.2, 0.25) is 0 Å². The topological polar surface area (TPSA) is 37.3 Å². The highest BCUT2D eigenvalue weighted by Gasteiger charge is 2.42. The zero-order chi connectivity index (χ0) is 11.8. The Bertz CT molecular complexity index is 392. The molecule has 0 aliphatic heterocycles. The first-order chi connectivity index (χ1) is 6.76. The average molecular weight is 226 g/mol. The molecule has 0 unspecified atom stereocenters. The molecule has 0 aromatic heterocycles. The van der Waals surface area contributed by atoms with E-state index < -0.39 is 34.9 Å². The van der Waals surface area contributed by atoms with Crippen molar-refractivity contribution in [3.8, 4) is 0 Å². The number of carboxylic acid groups (broad SMARTS) is 1. The van der Waals surface area contributed by atoms with Gasteiger partial charge in [0.25, 0.3) is 0 Å². The molecule has 1 rings (SSSR count). The zero-order valence-electron chi connectivity index (χ0n) is 6.90. The largest absolute Gasteiger partial charge is 0.477 e. The van der Waals surface area contributed by atoms with Crippen molar-refractivity contribution in [1.82, 2.24) is 0 Å². The third-order valence-corrected chi connectivity index (χ3v) is 1.61. The molecule has 0 aliphatic carbocycles. The van der Waals surface area contributed by atoms with Crippen molar-refractivity contribution in [2.24, 2.45) is 0 Å². The van der Waals surface area contributed by atoms with Crippen molar-refractivity contribution >= 4 is 5.97 Å². The van der Waals surface area contributed by atoms with Gasteiger partial charge < -0.3 is 5.11 Å². The molecule has 0 bridgehead atoms. The SMILES string of the molecule is O=C(O)C(F)(F)c1cc(F)c(F)c(F)c1. The highest BCUT2D eigenvalue weighted by atomic mass is 19.3. The van der Waals surface area contributed by atoms with Crippen LogP contribution in [-0.4, -0.2) is 11.1 Å². The maximum Gasteiger partial charge on any atom is 0.379 e. The highest BCUT2D eigenvalue weighted by molar-refractivity contribution is 5.77. The number of hydrogen-bond donors (Lipinski definition) is 1. The number of rotatable bonds is 2. The minimum absolute atomic E-state index is 0.0630. The van der Waals surface area contributed by atoms with E-state index in [1.165, 1.54) is 0 Å². The van der Waals surface area contributed by atoms with E-state index in [2.05, 4.69) is 0 Å². The molecule has 1 N–H and O–H groups in total. The van der Waals surface area contributed by atoms with Gasteiger partial charge in [-0.15, -0.1) is 0 Å². The van der Waals surface area contributed by atoms with Crippen molar-refractivity contribution in [1.29, 1.82) is 0 Å². The molecule has 1 aromatic carbocycles. The quantitative estimate of drug-likeness (QED) is 0.620. The molecule has 2 nitrogen and oxygen atoms in total. The summed E-state index contributed by atoms with van der Waals surface area (Å²) in [6, 6.07) is -0.126. The van der Waals surface area contributed by atoms with Gasteiger partial charge in [-0.2, -0.15) is 8.78 Å². The highest BCUT2D eigenvalue weighted by Crippen LogP contribution is 2.30. The smallest absolute Gasteiger partial charge is 0.379 e. The number of benzene rings is 1. The second-order valence-corrected chi connectivity index (χ2v) is 2.63. The number of aliphatic carboxylic acids is 1. The van der Waals surface area contributed by atoms with Crippen LogP contribution in [0.2, 0.25) is 0 Å². The van der Waals surface area contributed by atoms with Gasteiger partial charge in [0.05, 0.1) is 0 Å². The van der Waals surface area contributed by atoms with Gasteiger partial charge in [-0.1, -0.05) is 0 Å². The van der Waals surface area contributed by atoms with Crippen LogP contribution in [0.15, 0.2) is 12.1 Å². The van der Waals surface area contributed by atoms with E-state index in [-0.39, 0.29) is 12.1 Å². The van der Waals surface area contributed by atoms with E-state index in [1.54, 1.807) is 0 Å². The molecular weight excluding hydrogens is 223 g/mol. The van der Waals surface area contributed by atoms with E-state index in [0.29, 0.717) is 0 Å². The number of carbonyl (C=O) groups is 1. The van der Waals surface area contributed by atoms with Crippen LogP contribution in [0.3, 0.4) is 0 Å².